The molecule has 1 aromatic carbocycles. The van der Waals surface area contributed by atoms with Crippen LogP contribution in [0.5, 0.6) is 0 Å². The van der Waals surface area contributed by atoms with E-state index in [0.29, 0.717) is 12.6 Å². The summed E-state index contributed by atoms with van der Waals surface area (Å²) in [5, 5.41) is 13.5. The smallest absolute Gasteiger partial charge is 0.271 e. The van der Waals surface area contributed by atoms with Crippen molar-refractivity contribution in [3.8, 4) is 0 Å². The molecule has 21 heavy (non-hydrogen) atoms. The Balaban J connectivity index is 2.02. The molecule has 0 aliphatic heterocycles. The predicted octanol–water partition coefficient (Wildman–Crippen LogP) is 1.65. The van der Waals surface area contributed by atoms with Gasteiger partial charge in [0.15, 0.2) is 0 Å². The van der Waals surface area contributed by atoms with E-state index in [1.165, 1.54) is 12.8 Å². The number of hydrogen-bond acceptors (Lipinski definition) is 5. The van der Waals surface area contributed by atoms with Crippen LogP contribution in [0.1, 0.15) is 23.2 Å². The Bertz CT molecular complexity index is 575. The van der Waals surface area contributed by atoms with E-state index >= 15 is 0 Å². The lowest BCUT2D eigenvalue weighted by Gasteiger charge is -2.16. The van der Waals surface area contributed by atoms with Crippen molar-refractivity contribution in [2.24, 2.45) is 0 Å². The quantitative estimate of drug-likeness (QED) is 0.472. The van der Waals surface area contributed by atoms with Crippen LogP contribution >= 0.6 is 11.6 Å². The summed E-state index contributed by atoms with van der Waals surface area (Å²) in [6, 6.07) is 2.88. The first-order valence-corrected chi connectivity index (χ1v) is 6.99. The number of halogens is 1. The Morgan fingerprint density at radius 2 is 2.24 bits per heavy atom. The zero-order valence-electron chi connectivity index (χ0n) is 11.6. The molecule has 7 nitrogen and oxygen atoms in total. The first kappa shape index (κ1) is 15.5. The number of rotatable bonds is 6. The van der Waals surface area contributed by atoms with Crippen LogP contribution in [0.2, 0.25) is 5.02 Å². The van der Waals surface area contributed by atoms with Gasteiger partial charge in [0.1, 0.15) is 0 Å². The molecular formula is C13H17ClN4O3. The zero-order valence-corrected chi connectivity index (χ0v) is 12.4. The van der Waals surface area contributed by atoms with Crippen molar-refractivity contribution < 1.29 is 9.72 Å². The maximum atomic E-state index is 12.1. The van der Waals surface area contributed by atoms with Gasteiger partial charge in [-0.15, -0.1) is 0 Å². The number of nitrogen functional groups attached to an aromatic ring is 1. The SMILES string of the molecule is CN(CCNC(=O)c1cc([N+](=O)[O-])cc(Cl)c1N)C1CC1. The van der Waals surface area contributed by atoms with Crippen LogP contribution in [-0.2, 0) is 0 Å². The summed E-state index contributed by atoms with van der Waals surface area (Å²) in [7, 11) is 2.00. The Hall–Kier alpha value is -1.86. The second kappa shape index (κ2) is 6.28. The van der Waals surface area contributed by atoms with Crippen LogP contribution in [-0.4, -0.2) is 41.9 Å². The average molecular weight is 313 g/mol. The summed E-state index contributed by atoms with van der Waals surface area (Å²) < 4.78 is 0. The molecule has 8 heteroatoms. The summed E-state index contributed by atoms with van der Waals surface area (Å²) in [5.74, 6) is -0.456. The second-order valence-corrected chi connectivity index (χ2v) is 5.52. The molecule has 2 rings (SSSR count). The lowest BCUT2D eigenvalue weighted by molar-refractivity contribution is -0.384. The third-order valence-electron chi connectivity index (χ3n) is 3.49. The van der Waals surface area contributed by atoms with Gasteiger partial charge in [0.2, 0.25) is 0 Å². The van der Waals surface area contributed by atoms with Crippen LogP contribution in [0.3, 0.4) is 0 Å². The summed E-state index contributed by atoms with van der Waals surface area (Å²) in [6.07, 6.45) is 2.38. The lowest BCUT2D eigenvalue weighted by Crippen LogP contribution is -2.34. The van der Waals surface area contributed by atoms with E-state index < -0.39 is 10.8 Å². The van der Waals surface area contributed by atoms with E-state index in [4.69, 9.17) is 17.3 Å². The third kappa shape index (κ3) is 3.83. The number of likely N-dealkylation sites (N-methyl/N-ethyl adjacent to an activating group) is 1. The fraction of sp³-hybridized carbons (Fsp3) is 0.462. The maximum Gasteiger partial charge on any atom is 0.271 e. The largest absolute Gasteiger partial charge is 0.397 e. The van der Waals surface area contributed by atoms with Crippen LogP contribution in [0.4, 0.5) is 11.4 Å². The molecule has 1 amide bonds. The summed E-state index contributed by atoms with van der Waals surface area (Å²) in [5.41, 5.74) is 5.54. The van der Waals surface area contributed by atoms with Crippen molar-refractivity contribution in [1.82, 2.24) is 10.2 Å². The summed E-state index contributed by atoms with van der Waals surface area (Å²) >= 11 is 5.82. The van der Waals surface area contributed by atoms with Gasteiger partial charge in [-0.05, 0) is 19.9 Å². The highest BCUT2D eigenvalue weighted by molar-refractivity contribution is 6.34. The van der Waals surface area contributed by atoms with Crippen molar-refractivity contribution in [3.05, 3.63) is 32.8 Å². The van der Waals surface area contributed by atoms with Gasteiger partial charge in [-0.3, -0.25) is 14.9 Å². The molecule has 0 atom stereocenters. The lowest BCUT2D eigenvalue weighted by atomic mass is 10.1. The molecule has 0 aromatic heterocycles. The summed E-state index contributed by atoms with van der Waals surface area (Å²) in [4.78, 5) is 24.4. The number of nitrogens with one attached hydrogen (secondary N) is 1. The highest BCUT2D eigenvalue weighted by Crippen LogP contribution is 2.28. The average Bonchev–Trinajstić information content (AvgIpc) is 3.25. The molecule has 0 unspecified atom stereocenters. The normalized spacial score (nSPS) is 14.2. The van der Waals surface area contributed by atoms with Crippen molar-refractivity contribution in [2.75, 3.05) is 25.9 Å². The molecule has 1 saturated carbocycles. The van der Waals surface area contributed by atoms with Crippen LogP contribution in [0, 0.1) is 10.1 Å². The van der Waals surface area contributed by atoms with E-state index in [1.54, 1.807) is 0 Å². The minimum absolute atomic E-state index is 0.00412. The predicted molar refractivity (Wildman–Crippen MR) is 80.5 cm³/mol. The van der Waals surface area contributed by atoms with Crippen LogP contribution in [0.25, 0.3) is 0 Å². The van der Waals surface area contributed by atoms with Crippen molar-refractivity contribution in [1.29, 1.82) is 0 Å². The molecule has 114 valence electrons. The molecule has 1 fully saturated rings. The van der Waals surface area contributed by atoms with Gasteiger partial charge in [0.25, 0.3) is 11.6 Å². The number of carbonyl (C=O) groups is 1. The third-order valence-corrected chi connectivity index (χ3v) is 3.80. The van der Waals surface area contributed by atoms with Gasteiger partial charge >= 0.3 is 0 Å². The number of nitrogens with two attached hydrogens (primary N) is 1. The second-order valence-electron chi connectivity index (χ2n) is 5.11. The van der Waals surface area contributed by atoms with Gasteiger partial charge in [0.05, 0.1) is 21.2 Å². The maximum absolute atomic E-state index is 12.1. The Kier molecular flexibility index (Phi) is 4.64. The molecule has 0 spiro atoms. The topological polar surface area (TPSA) is 102 Å². The molecule has 0 radical (unpaired) electrons. The molecule has 0 saturated heterocycles. The molecule has 1 aliphatic rings. The molecule has 0 heterocycles. The number of nitro groups is 1. The molecular weight excluding hydrogens is 296 g/mol. The highest BCUT2D eigenvalue weighted by Gasteiger charge is 2.25. The minimum atomic E-state index is -0.608. The number of carbonyl (C=O) groups excluding carboxylic acids is 1. The number of amides is 1. The van der Waals surface area contributed by atoms with E-state index in [-0.39, 0.29) is 22.0 Å². The van der Waals surface area contributed by atoms with E-state index in [2.05, 4.69) is 10.2 Å². The van der Waals surface area contributed by atoms with Gasteiger partial charge in [-0.2, -0.15) is 0 Å². The first-order valence-electron chi connectivity index (χ1n) is 6.62. The van der Waals surface area contributed by atoms with Gasteiger partial charge in [-0.1, -0.05) is 11.6 Å². The van der Waals surface area contributed by atoms with Crippen molar-refractivity contribution in [2.45, 2.75) is 18.9 Å². The van der Waals surface area contributed by atoms with Gasteiger partial charge in [-0.25, -0.2) is 0 Å². The fourth-order valence-electron chi connectivity index (χ4n) is 2.04. The Morgan fingerprint density at radius 1 is 1.57 bits per heavy atom. The van der Waals surface area contributed by atoms with E-state index in [1.807, 2.05) is 7.05 Å². The van der Waals surface area contributed by atoms with Gasteiger partial charge in [0, 0.05) is 31.3 Å². The van der Waals surface area contributed by atoms with E-state index in [0.717, 1.165) is 18.7 Å². The minimum Gasteiger partial charge on any atom is -0.397 e. The molecule has 1 aliphatic carbocycles. The number of non-ortho nitro benzene ring substituents is 1. The standard InChI is InChI=1S/C13H17ClN4O3/c1-17(8-2-3-8)5-4-16-13(19)10-6-9(18(20)21)7-11(14)12(10)15/h6-8H,2-5,15H2,1H3,(H,16,19). The first-order chi connectivity index (χ1) is 9.90. The number of anilines is 1. The number of nitrogens with zero attached hydrogens (tertiary/aromatic N) is 2. The van der Waals surface area contributed by atoms with Crippen molar-refractivity contribution in [3.63, 3.8) is 0 Å². The molecule has 0 bridgehead atoms. The monoisotopic (exact) mass is 312 g/mol. The van der Waals surface area contributed by atoms with Crippen LogP contribution in [0.15, 0.2) is 12.1 Å². The number of hydrogen-bond donors (Lipinski definition) is 2. The van der Waals surface area contributed by atoms with E-state index in [9.17, 15) is 14.9 Å². The number of benzene rings is 1. The highest BCUT2D eigenvalue weighted by atomic mass is 35.5. The molecule has 3 N–H and O–H groups in total. The van der Waals surface area contributed by atoms with Crippen LogP contribution < -0.4 is 11.1 Å². The Morgan fingerprint density at radius 3 is 2.81 bits per heavy atom. The Labute approximate surface area is 127 Å². The number of nitro benzene ring substituents is 1. The molecule has 1 aromatic rings. The fourth-order valence-corrected chi connectivity index (χ4v) is 2.25. The zero-order chi connectivity index (χ0) is 15.6. The van der Waals surface area contributed by atoms with Crippen molar-refractivity contribution >= 4 is 28.9 Å². The van der Waals surface area contributed by atoms with Gasteiger partial charge < -0.3 is 16.0 Å². The summed E-state index contributed by atoms with van der Waals surface area (Å²) in [6.45, 7) is 1.17.